The fraction of sp³-hybridized carbons (Fsp3) is 0.300. The van der Waals surface area contributed by atoms with E-state index in [1.54, 1.807) is 0 Å². The van der Waals surface area contributed by atoms with Gasteiger partial charge in [0.1, 0.15) is 0 Å². The largest absolute Gasteiger partial charge is 0.343 e. The smallest absolute Gasteiger partial charge is 0.262 e. The molecule has 0 bridgehead atoms. The number of nitrogens with zero attached hydrogens (tertiary/aromatic N) is 3. The van der Waals surface area contributed by atoms with Crippen LogP contribution in [0.4, 0.5) is 0 Å². The Kier molecular flexibility index (Phi) is 3.44. The molecule has 0 unspecified atom stereocenters. The summed E-state index contributed by atoms with van der Waals surface area (Å²) in [6.45, 7) is 3.06. The fourth-order valence-electron chi connectivity index (χ4n) is 3.87. The lowest BCUT2D eigenvalue weighted by Gasteiger charge is -2.16. The van der Waals surface area contributed by atoms with Gasteiger partial charge in [0.2, 0.25) is 0 Å². The highest BCUT2D eigenvalue weighted by Crippen LogP contribution is 2.38. The Labute approximate surface area is 146 Å². The molecule has 0 N–H and O–H groups in total. The molecule has 0 radical (unpaired) electrons. The maximum atomic E-state index is 13.1. The molecule has 2 heterocycles. The second-order valence-electron chi connectivity index (χ2n) is 6.98. The van der Waals surface area contributed by atoms with Crippen LogP contribution in [-0.4, -0.2) is 53.4 Å². The van der Waals surface area contributed by atoms with Gasteiger partial charge in [0.15, 0.2) is 0 Å². The molecule has 0 fully saturated rings. The first-order valence-electron chi connectivity index (χ1n) is 8.43. The van der Waals surface area contributed by atoms with Gasteiger partial charge in [0.05, 0.1) is 16.6 Å². The number of imide groups is 1. The normalized spacial score (nSPS) is 14.4. The summed E-state index contributed by atoms with van der Waals surface area (Å²) in [6.07, 6.45) is 0. The van der Waals surface area contributed by atoms with Gasteiger partial charge in [-0.25, -0.2) is 0 Å². The number of likely N-dealkylation sites (N-methyl/N-ethyl adjacent to an activating group) is 1. The molecule has 1 aliphatic heterocycles. The standard InChI is InChI=1S/C20H21N3O2/c1-12-11-14-17(20(25)23(19(14)24)10-9-21(2)3)16-13-7-5-6-8-15(13)22(4)18(12)16/h5-8,11H,9-10H2,1-4H3. The van der Waals surface area contributed by atoms with Crippen molar-refractivity contribution in [3.05, 3.63) is 47.0 Å². The number of carbonyl (C=O) groups is 2. The van der Waals surface area contributed by atoms with E-state index < -0.39 is 0 Å². The summed E-state index contributed by atoms with van der Waals surface area (Å²) in [5.74, 6) is -0.358. The summed E-state index contributed by atoms with van der Waals surface area (Å²) in [6, 6.07) is 9.91. The monoisotopic (exact) mass is 335 g/mol. The Morgan fingerprint density at radius 1 is 1.08 bits per heavy atom. The minimum atomic E-state index is -0.181. The van der Waals surface area contributed by atoms with Crippen LogP contribution in [-0.2, 0) is 7.05 Å². The Bertz CT molecular complexity index is 1050. The summed E-state index contributed by atoms with van der Waals surface area (Å²) in [4.78, 5) is 29.3. The summed E-state index contributed by atoms with van der Waals surface area (Å²) in [7, 11) is 5.88. The van der Waals surface area contributed by atoms with Crippen molar-refractivity contribution in [1.29, 1.82) is 0 Å². The minimum Gasteiger partial charge on any atom is -0.343 e. The Morgan fingerprint density at radius 3 is 2.52 bits per heavy atom. The molecular formula is C20H21N3O2. The summed E-state index contributed by atoms with van der Waals surface area (Å²) >= 11 is 0. The van der Waals surface area contributed by atoms with E-state index in [4.69, 9.17) is 0 Å². The molecule has 0 aliphatic carbocycles. The maximum absolute atomic E-state index is 13.1. The molecule has 128 valence electrons. The molecule has 25 heavy (non-hydrogen) atoms. The predicted molar refractivity (Wildman–Crippen MR) is 99.1 cm³/mol. The van der Waals surface area contributed by atoms with E-state index in [0.717, 1.165) is 27.4 Å². The molecule has 0 saturated carbocycles. The molecule has 4 rings (SSSR count). The van der Waals surface area contributed by atoms with Crippen molar-refractivity contribution >= 4 is 33.6 Å². The Morgan fingerprint density at radius 2 is 1.80 bits per heavy atom. The van der Waals surface area contributed by atoms with Gasteiger partial charge in [-0.2, -0.15) is 0 Å². The highest BCUT2D eigenvalue weighted by molar-refractivity contribution is 6.30. The lowest BCUT2D eigenvalue weighted by Crippen LogP contribution is -2.35. The van der Waals surface area contributed by atoms with Crippen LogP contribution < -0.4 is 0 Å². The van der Waals surface area contributed by atoms with Gasteiger partial charge in [-0.15, -0.1) is 0 Å². The third kappa shape index (κ3) is 2.12. The molecule has 2 amide bonds. The van der Waals surface area contributed by atoms with Crippen LogP contribution in [0.25, 0.3) is 21.8 Å². The molecule has 5 heteroatoms. The zero-order valence-corrected chi connectivity index (χ0v) is 15.0. The van der Waals surface area contributed by atoms with E-state index >= 15 is 0 Å². The van der Waals surface area contributed by atoms with Crippen molar-refractivity contribution in [2.75, 3.05) is 27.2 Å². The van der Waals surface area contributed by atoms with Crippen molar-refractivity contribution in [3.8, 4) is 0 Å². The average Bonchev–Trinajstić information content (AvgIpc) is 3.00. The average molecular weight is 335 g/mol. The highest BCUT2D eigenvalue weighted by atomic mass is 16.2. The van der Waals surface area contributed by atoms with Gasteiger partial charge >= 0.3 is 0 Å². The van der Waals surface area contributed by atoms with Gasteiger partial charge in [0.25, 0.3) is 11.8 Å². The van der Waals surface area contributed by atoms with Gasteiger partial charge in [0, 0.05) is 36.4 Å². The van der Waals surface area contributed by atoms with Gasteiger partial charge in [-0.1, -0.05) is 18.2 Å². The second-order valence-corrected chi connectivity index (χ2v) is 6.98. The van der Waals surface area contributed by atoms with E-state index in [2.05, 4.69) is 4.57 Å². The highest BCUT2D eigenvalue weighted by Gasteiger charge is 2.38. The van der Waals surface area contributed by atoms with Crippen LogP contribution in [0.5, 0.6) is 0 Å². The number of amides is 2. The van der Waals surface area contributed by atoms with Crippen LogP contribution >= 0.6 is 0 Å². The quantitative estimate of drug-likeness (QED) is 0.692. The van der Waals surface area contributed by atoms with Crippen LogP contribution in [0.2, 0.25) is 0 Å². The van der Waals surface area contributed by atoms with E-state index in [9.17, 15) is 9.59 Å². The summed E-state index contributed by atoms with van der Waals surface area (Å²) < 4.78 is 2.11. The Balaban J connectivity index is 2.01. The van der Waals surface area contributed by atoms with E-state index in [1.807, 2.05) is 63.3 Å². The van der Waals surface area contributed by atoms with Crippen LogP contribution in [0, 0.1) is 6.92 Å². The molecule has 1 aliphatic rings. The molecule has 0 saturated heterocycles. The van der Waals surface area contributed by atoms with Gasteiger partial charge < -0.3 is 9.47 Å². The number of fused-ring (bicyclic) bond motifs is 5. The third-order valence-electron chi connectivity index (χ3n) is 5.07. The number of hydrogen-bond acceptors (Lipinski definition) is 3. The van der Waals surface area contributed by atoms with Crippen LogP contribution in [0.15, 0.2) is 30.3 Å². The SMILES string of the molecule is Cc1cc2c(c3c4ccccc4n(C)c13)C(=O)N(CCN(C)C)C2=O. The molecule has 1 aromatic heterocycles. The molecule has 5 nitrogen and oxygen atoms in total. The number of aromatic nitrogens is 1. The fourth-order valence-corrected chi connectivity index (χ4v) is 3.87. The topological polar surface area (TPSA) is 45.6 Å². The van der Waals surface area contributed by atoms with E-state index in [1.165, 1.54) is 4.90 Å². The molecular weight excluding hydrogens is 314 g/mol. The molecule has 0 atom stereocenters. The van der Waals surface area contributed by atoms with Gasteiger partial charge in [-0.05, 0) is 38.7 Å². The third-order valence-corrected chi connectivity index (χ3v) is 5.07. The first kappa shape index (κ1) is 15.8. The Hall–Kier alpha value is -2.66. The van der Waals surface area contributed by atoms with E-state index in [-0.39, 0.29) is 11.8 Å². The van der Waals surface area contributed by atoms with Crippen LogP contribution in [0.1, 0.15) is 26.3 Å². The lowest BCUT2D eigenvalue weighted by atomic mass is 9.99. The summed E-state index contributed by atoms with van der Waals surface area (Å²) in [5, 5.41) is 1.93. The van der Waals surface area contributed by atoms with Crippen LogP contribution in [0.3, 0.4) is 0 Å². The number of carbonyl (C=O) groups excluding carboxylic acids is 2. The molecule has 3 aromatic rings. The maximum Gasteiger partial charge on any atom is 0.262 e. The summed E-state index contributed by atoms with van der Waals surface area (Å²) in [5.41, 5.74) is 4.20. The van der Waals surface area contributed by atoms with Gasteiger partial charge in [-0.3, -0.25) is 14.5 Å². The number of hydrogen-bond donors (Lipinski definition) is 0. The second kappa shape index (κ2) is 5.43. The van der Waals surface area contributed by atoms with Crippen molar-refractivity contribution in [1.82, 2.24) is 14.4 Å². The minimum absolute atomic E-state index is 0.178. The van der Waals surface area contributed by atoms with Crippen molar-refractivity contribution < 1.29 is 9.59 Å². The molecule has 2 aromatic carbocycles. The van der Waals surface area contributed by atoms with Crippen molar-refractivity contribution in [2.45, 2.75) is 6.92 Å². The zero-order valence-electron chi connectivity index (χ0n) is 15.0. The number of aryl methyl sites for hydroxylation is 2. The number of rotatable bonds is 3. The number of para-hydroxylation sites is 1. The predicted octanol–water partition coefficient (Wildman–Crippen LogP) is 2.80. The first-order chi connectivity index (χ1) is 11.9. The van der Waals surface area contributed by atoms with Crippen molar-refractivity contribution in [3.63, 3.8) is 0 Å². The number of benzene rings is 2. The molecule has 0 spiro atoms. The van der Waals surface area contributed by atoms with E-state index in [0.29, 0.717) is 24.2 Å². The van der Waals surface area contributed by atoms with Crippen molar-refractivity contribution in [2.24, 2.45) is 7.05 Å². The zero-order chi connectivity index (χ0) is 17.9. The first-order valence-corrected chi connectivity index (χ1v) is 8.43. The lowest BCUT2D eigenvalue weighted by molar-refractivity contribution is 0.0645.